The molecule has 6 heteroatoms. The SMILES string of the molecule is CC[C@@H]1CN(C(=O)c2sc3nc(C)nc(C)c3c2C)C[C@H]1N(C)C. The molecule has 3 rings (SSSR count). The molecule has 2 atom stereocenters. The molecule has 1 fully saturated rings. The predicted molar refractivity (Wildman–Crippen MR) is 98.8 cm³/mol. The highest BCUT2D eigenvalue weighted by Crippen LogP contribution is 2.33. The highest BCUT2D eigenvalue weighted by molar-refractivity contribution is 7.20. The van der Waals surface area contributed by atoms with E-state index in [4.69, 9.17) is 0 Å². The molecule has 24 heavy (non-hydrogen) atoms. The van der Waals surface area contributed by atoms with Crippen LogP contribution in [0.2, 0.25) is 0 Å². The van der Waals surface area contributed by atoms with E-state index in [2.05, 4.69) is 35.9 Å². The van der Waals surface area contributed by atoms with Gasteiger partial charge >= 0.3 is 0 Å². The zero-order valence-corrected chi connectivity index (χ0v) is 16.2. The summed E-state index contributed by atoms with van der Waals surface area (Å²) >= 11 is 1.51. The second-order valence-corrected chi connectivity index (χ2v) is 8.00. The van der Waals surface area contributed by atoms with Gasteiger partial charge in [0.1, 0.15) is 10.7 Å². The quantitative estimate of drug-likeness (QED) is 0.857. The average Bonchev–Trinajstić information content (AvgIpc) is 3.08. The molecule has 2 aromatic heterocycles. The van der Waals surface area contributed by atoms with Crippen LogP contribution in [0.3, 0.4) is 0 Å². The standard InChI is InChI=1S/C18H26N4OS/c1-7-13-8-22(9-14(13)21(5)6)18(23)16-10(2)15-11(3)19-12(4)20-17(15)24-16/h13-14H,7-9H2,1-6H3/t13-,14-/m1/s1. The first-order chi connectivity index (χ1) is 11.3. The van der Waals surface area contributed by atoms with Crippen LogP contribution in [0.1, 0.15) is 40.1 Å². The second kappa shape index (κ2) is 6.41. The summed E-state index contributed by atoms with van der Waals surface area (Å²) in [6.45, 7) is 9.78. The minimum absolute atomic E-state index is 0.148. The Labute approximate surface area is 147 Å². The van der Waals surface area contributed by atoms with Crippen LogP contribution in [-0.2, 0) is 0 Å². The molecule has 0 bridgehead atoms. The summed E-state index contributed by atoms with van der Waals surface area (Å²) in [5, 5.41) is 1.05. The Morgan fingerprint density at radius 3 is 2.54 bits per heavy atom. The van der Waals surface area contributed by atoms with Gasteiger partial charge in [0, 0.05) is 30.2 Å². The fraction of sp³-hybridized carbons (Fsp3) is 0.611. The van der Waals surface area contributed by atoms with E-state index in [0.717, 1.165) is 51.7 Å². The van der Waals surface area contributed by atoms with Gasteiger partial charge in [0.15, 0.2) is 0 Å². The van der Waals surface area contributed by atoms with E-state index in [1.54, 1.807) is 0 Å². The van der Waals surface area contributed by atoms with Gasteiger partial charge < -0.3 is 9.80 Å². The topological polar surface area (TPSA) is 49.3 Å². The molecule has 5 nitrogen and oxygen atoms in total. The third-order valence-electron chi connectivity index (χ3n) is 5.16. The van der Waals surface area contributed by atoms with Crippen LogP contribution < -0.4 is 0 Å². The van der Waals surface area contributed by atoms with E-state index in [9.17, 15) is 4.79 Å². The van der Waals surface area contributed by atoms with Crippen molar-refractivity contribution in [3.8, 4) is 0 Å². The third-order valence-corrected chi connectivity index (χ3v) is 6.33. The Morgan fingerprint density at radius 1 is 1.25 bits per heavy atom. The van der Waals surface area contributed by atoms with Crippen molar-refractivity contribution in [3.63, 3.8) is 0 Å². The number of nitrogens with zero attached hydrogens (tertiary/aromatic N) is 4. The fourth-order valence-electron chi connectivity index (χ4n) is 3.83. The molecule has 1 aliphatic heterocycles. The van der Waals surface area contributed by atoms with Crippen LogP contribution in [0.15, 0.2) is 0 Å². The maximum Gasteiger partial charge on any atom is 0.264 e. The molecule has 0 saturated carbocycles. The lowest BCUT2D eigenvalue weighted by molar-refractivity contribution is 0.0785. The lowest BCUT2D eigenvalue weighted by atomic mass is 10.0. The number of fused-ring (bicyclic) bond motifs is 1. The smallest absolute Gasteiger partial charge is 0.264 e. The predicted octanol–water partition coefficient (Wildman–Crippen LogP) is 3.03. The van der Waals surface area contributed by atoms with Crippen LogP contribution in [0.5, 0.6) is 0 Å². The Bertz CT molecular complexity index is 783. The number of hydrogen-bond donors (Lipinski definition) is 0. The average molecular weight is 347 g/mol. The number of amides is 1. The molecule has 2 aromatic rings. The van der Waals surface area contributed by atoms with Crippen LogP contribution in [0, 0.1) is 26.7 Å². The first kappa shape index (κ1) is 17.3. The zero-order chi connectivity index (χ0) is 17.6. The molecular formula is C18H26N4OS. The molecular weight excluding hydrogens is 320 g/mol. The van der Waals surface area contributed by atoms with Gasteiger partial charge in [-0.05, 0) is 46.3 Å². The molecule has 0 N–H and O–H groups in total. The van der Waals surface area contributed by atoms with Crippen LogP contribution in [-0.4, -0.2) is 58.9 Å². The Balaban J connectivity index is 1.95. The summed E-state index contributed by atoms with van der Waals surface area (Å²) in [5.41, 5.74) is 1.99. The Kier molecular flexibility index (Phi) is 4.62. The van der Waals surface area contributed by atoms with E-state index in [-0.39, 0.29) is 5.91 Å². The van der Waals surface area contributed by atoms with Gasteiger partial charge in [-0.15, -0.1) is 11.3 Å². The monoisotopic (exact) mass is 346 g/mol. The fourth-order valence-corrected chi connectivity index (χ4v) is 5.07. The van der Waals surface area contributed by atoms with Crippen molar-refractivity contribution in [2.75, 3.05) is 27.2 Å². The van der Waals surface area contributed by atoms with Gasteiger partial charge in [-0.2, -0.15) is 0 Å². The molecule has 1 aliphatic rings. The van der Waals surface area contributed by atoms with Crippen molar-refractivity contribution in [2.24, 2.45) is 5.92 Å². The minimum Gasteiger partial charge on any atom is -0.336 e. The second-order valence-electron chi connectivity index (χ2n) is 7.00. The molecule has 130 valence electrons. The van der Waals surface area contributed by atoms with Gasteiger partial charge in [0.2, 0.25) is 0 Å². The molecule has 0 radical (unpaired) electrons. The molecule has 1 amide bonds. The van der Waals surface area contributed by atoms with Crippen LogP contribution in [0.4, 0.5) is 0 Å². The third kappa shape index (κ3) is 2.82. The largest absolute Gasteiger partial charge is 0.336 e. The van der Waals surface area contributed by atoms with Gasteiger partial charge in [0.05, 0.1) is 4.88 Å². The number of thiophene rings is 1. The van der Waals surface area contributed by atoms with Crippen molar-refractivity contribution in [1.29, 1.82) is 0 Å². The molecule has 0 aromatic carbocycles. The summed E-state index contributed by atoms with van der Waals surface area (Å²) in [5.74, 6) is 1.46. The molecule has 0 aliphatic carbocycles. The molecule has 1 saturated heterocycles. The van der Waals surface area contributed by atoms with Crippen LogP contribution in [0.25, 0.3) is 10.2 Å². The van der Waals surface area contributed by atoms with Gasteiger partial charge in [-0.25, -0.2) is 9.97 Å². The summed E-state index contributed by atoms with van der Waals surface area (Å²) in [6.07, 6.45) is 1.10. The van der Waals surface area contributed by atoms with Gasteiger partial charge in [-0.1, -0.05) is 13.3 Å². The minimum atomic E-state index is 0.148. The highest BCUT2D eigenvalue weighted by atomic mass is 32.1. The van der Waals surface area contributed by atoms with E-state index in [1.807, 2.05) is 25.7 Å². The van der Waals surface area contributed by atoms with Crippen molar-refractivity contribution in [1.82, 2.24) is 19.8 Å². The molecule has 0 spiro atoms. The lowest BCUT2D eigenvalue weighted by Crippen LogP contribution is -2.36. The number of rotatable bonds is 3. The number of aryl methyl sites for hydroxylation is 3. The van der Waals surface area contributed by atoms with Gasteiger partial charge in [0.25, 0.3) is 5.91 Å². The zero-order valence-electron chi connectivity index (χ0n) is 15.4. The number of carbonyl (C=O) groups excluding carboxylic acids is 1. The highest BCUT2D eigenvalue weighted by Gasteiger charge is 2.36. The van der Waals surface area contributed by atoms with Gasteiger partial charge in [-0.3, -0.25) is 4.79 Å². The first-order valence-electron chi connectivity index (χ1n) is 8.53. The number of likely N-dealkylation sites (N-methyl/N-ethyl adjacent to an activating group) is 1. The Morgan fingerprint density at radius 2 is 1.96 bits per heavy atom. The van der Waals surface area contributed by atoms with E-state index in [1.165, 1.54) is 11.3 Å². The van der Waals surface area contributed by atoms with Crippen LogP contribution >= 0.6 is 11.3 Å². The normalized spacial score (nSPS) is 21.2. The number of hydrogen-bond acceptors (Lipinski definition) is 5. The summed E-state index contributed by atoms with van der Waals surface area (Å²) in [6, 6.07) is 0.442. The lowest BCUT2D eigenvalue weighted by Gasteiger charge is -2.23. The van der Waals surface area contributed by atoms with Crippen molar-refractivity contribution >= 4 is 27.5 Å². The Hall–Kier alpha value is -1.53. The first-order valence-corrected chi connectivity index (χ1v) is 9.35. The van der Waals surface area contributed by atoms with E-state index < -0.39 is 0 Å². The van der Waals surface area contributed by atoms with E-state index in [0.29, 0.717) is 12.0 Å². The maximum absolute atomic E-state index is 13.1. The van der Waals surface area contributed by atoms with Crippen molar-refractivity contribution < 1.29 is 4.79 Å². The summed E-state index contributed by atoms with van der Waals surface area (Å²) < 4.78 is 0. The van der Waals surface area contributed by atoms with E-state index >= 15 is 0 Å². The van der Waals surface area contributed by atoms with Crippen molar-refractivity contribution in [2.45, 2.75) is 40.2 Å². The number of likely N-dealkylation sites (tertiary alicyclic amines) is 1. The molecule has 0 unspecified atom stereocenters. The summed E-state index contributed by atoms with van der Waals surface area (Å²) in [4.78, 5) is 28.1. The van der Waals surface area contributed by atoms with Crippen molar-refractivity contribution in [3.05, 3.63) is 22.0 Å². The maximum atomic E-state index is 13.1. The number of aromatic nitrogens is 2. The molecule has 3 heterocycles. The number of carbonyl (C=O) groups is 1. The summed E-state index contributed by atoms with van der Waals surface area (Å²) in [7, 11) is 4.21.